The Bertz CT molecular complexity index is 1680. The van der Waals surface area contributed by atoms with Gasteiger partial charge in [0.2, 0.25) is 5.95 Å². The van der Waals surface area contributed by atoms with E-state index in [4.69, 9.17) is 21.7 Å². The molecule has 0 radical (unpaired) electrons. The van der Waals surface area contributed by atoms with E-state index in [1.807, 2.05) is 30.3 Å². The molecule has 0 aliphatic carbocycles. The van der Waals surface area contributed by atoms with Crippen LogP contribution in [0.25, 0.3) is 0 Å². The summed E-state index contributed by atoms with van der Waals surface area (Å²) in [5, 5.41) is 18.4. The van der Waals surface area contributed by atoms with E-state index < -0.39 is 35.6 Å². The second-order valence-corrected chi connectivity index (χ2v) is 11.4. The molecule has 4 aromatic rings. The number of esters is 1. The zero-order valence-corrected chi connectivity index (χ0v) is 26.6. The van der Waals surface area contributed by atoms with Crippen molar-refractivity contribution in [2.45, 2.75) is 38.5 Å². The van der Waals surface area contributed by atoms with Gasteiger partial charge in [-0.2, -0.15) is 18.2 Å². The van der Waals surface area contributed by atoms with Crippen molar-refractivity contribution in [3.05, 3.63) is 118 Å². The van der Waals surface area contributed by atoms with Crippen LogP contribution >= 0.6 is 11.6 Å². The van der Waals surface area contributed by atoms with Gasteiger partial charge in [0.25, 0.3) is 5.91 Å². The lowest BCUT2D eigenvalue weighted by atomic mass is 9.90. The Hall–Kier alpha value is -4.97. The Kier molecular flexibility index (Phi) is 11.5. The number of nitrogens with one attached hydrogen (secondary N) is 4. The molecule has 0 saturated carbocycles. The van der Waals surface area contributed by atoms with E-state index in [1.165, 1.54) is 25.4 Å². The van der Waals surface area contributed by atoms with Crippen LogP contribution in [0.1, 0.15) is 52.4 Å². The maximum atomic E-state index is 13.5. The quantitative estimate of drug-likeness (QED) is 0.0898. The minimum Gasteiger partial charge on any atom is -0.467 e. The summed E-state index contributed by atoms with van der Waals surface area (Å²) in [6.07, 6.45) is -3.16. The predicted octanol–water partition coefficient (Wildman–Crippen LogP) is 6.95. The number of carbonyl (C=O) groups excluding carboxylic acids is 2. The third kappa shape index (κ3) is 9.29. The highest BCUT2D eigenvalue weighted by atomic mass is 35.5. The molecule has 3 aromatic carbocycles. The molecule has 9 nitrogen and oxygen atoms in total. The smallest absolute Gasteiger partial charge is 0.416 e. The number of amides is 1. The first kappa shape index (κ1) is 34.9. The van der Waals surface area contributed by atoms with Crippen molar-refractivity contribution in [3.8, 4) is 0 Å². The van der Waals surface area contributed by atoms with Crippen LogP contribution in [0, 0.1) is 11.3 Å². The van der Waals surface area contributed by atoms with Gasteiger partial charge in [-0.3, -0.25) is 4.79 Å². The van der Waals surface area contributed by atoms with Crippen molar-refractivity contribution in [2.24, 2.45) is 5.92 Å². The normalized spacial score (nSPS) is 12.6. The number of benzene rings is 3. The first-order chi connectivity index (χ1) is 22.4. The maximum absolute atomic E-state index is 13.5. The molecular formula is C34H34ClF3N6O3. The average molecular weight is 667 g/mol. The molecule has 2 unspecified atom stereocenters. The molecule has 13 heteroatoms. The van der Waals surface area contributed by atoms with Crippen molar-refractivity contribution in [1.29, 1.82) is 5.41 Å². The summed E-state index contributed by atoms with van der Waals surface area (Å²) in [5.41, 5.74) is 1.62. The van der Waals surface area contributed by atoms with Gasteiger partial charge in [0, 0.05) is 35.9 Å². The first-order valence-electron chi connectivity index (χ1n) is 14.7. The van der Waals surface area contributed by atoms with Crippen LogP contribution in [-0.4, -0.2) is 47.3 Å². The monoisotopic (exact) mass is 666 g/mol. The van der Waals surface area contributed by atoms with E-state index in [0.717, 1.165) is 17.7 Å². The van der Waals surface area contributed by atoms with Crippen LogP contribution in [0.4, 0.5) is 24.9 Å². The highest BCUT2D eigenvalue weighted by Gasteiger charge is 2.30. The lowest BCUT2D eigenvalue weighted by Gasteiger charge is -2.22. The van der Waals surface area contributed by atoms with Gasteiger partial charge in [-0.25, -0.2) is 9.78 Å². The van der Waals surface area contributed by atoms with E-state index in [0.29, 0.717) is 21.9 Å². The molecule has 0 bridgehead atoms. The summed E-state index contributed by atoms with van der Waals surface area (Å²) in [6.45, 7) is 3.78. The molecule has 4 N–H and O–H groups in total. The molecule has 1 heterocycles. The zero-order valence-electron chi connectivity index (χ0n) is 25.9. The number of ether oxygens (including phenoxy) is 1. The molecule has 0 aliphatic rings. The molecule has 0 fully saturated rings. The Balaban J connectivity index is 1.64. The maximum Gasteiger partial charge on any atom is 0.416 e. The minimum atomic E-state index is -4.45. The van der Waals surface area contributed by atoms with Gasteiger partial charge in [0.15, 0.2) is 0 Å². The van der Waals surface area contributed by atoms with Gasteiger partial charge in [0.1, 0.15) is 17.4 Å². The number of rotatable bonds is 13. The molecule has 2 atom stereocenters. The number of aromatic nitrogens is 2. The average Bonchev–Trinajstić information content (AvgIpc) is 3.06. The Labute approximate surface area is 275 Å². The fourth-order valence-corrected chi connectivity index (χ4v) is 4.83. The number of anilines is 2. The molecule has 1 aromatic heterocycles. The van der Waals surface area contributed by atoms with Crippen molar-refractivity contribution in [1.82, 2.24) is 15.3 Å². The van der Waals surface area contributed by atoms with Crippen molar-refractivity contribution in [2.75, 3.05) is 24.3 Å². The third-order valence-electron chi connectivity index (χ3n) is 7.35. The van der Waals surface area contributed by atoms with Gasteiger partial charge in [0.05, 0.1) is 12.7 Å². The molecule has 4 rings (SSSR count). The second-order valence-electron chi connectivity index (χ2n) is 11.0. The summed E-state index contributed by atoms with van der Waals surface area (Å²) < 4.78 is 43.8. The second kappa shape index (κ2) is 15.5. The molecule has 246 valence electrons. The van der Waals surface area contributed by atoms with Crippen molar-refractivity contribution >= 4 is 41.0 Å². The van der Waals surface area contributed by atoms with Crippen LogP contribution in [0.5, 0.6) is 0 Å². The lowest BCUT2D eigenvalue weighted by Crippen LogP contribution is -2.45. The Morgan fingerprint density at radius 3 is 2.21 bits per heavy atom. The molecular weight excluding hydrogens is 633 g/mol. The van der Waals surface area contributed by atoms with Gasteiger partial charge in [-0.05, 0) is 46.9 Å². The summed E-state index contributed by atoms with van der Waals surface area (Å²) in [4.78, 5) is 34.6. The van der Waals surface area contributed by atoms with Crippen LogP contribution in [0.15, 0.2) is 85.1 Å². The number of alkyl halides is 3. The van der Waals surface area contributed by atoms with Crippen molar-refractivity contribution in [3.63, 3.8) is 0 Å². The number of nitrogens with zero attached hydrogens (tertiary/aromatic N) is 2. The summed E-state index contributed by atoms with van der Waals surface area (Å²) in [7, 11) is 1.23. The van der Waals surface area contributed by atoms with E-state index in [1.54, 1.807) is 38.1 Å². The van der Waals surface area contributed by atoms with Gasteiger partial charge >= 0.3 is 12.1 Å². The minimum absolute atomic E-state index is 0.0319. The van der Waals surface area contributed by atoms with Gasteiger partial charge in [-0.15, -0.1) is 0 Å². The highest BCUT2D eigenvalue weighted by Crippen LogP contribution is 2.29. The largest absolute Gasteiger partial charge is 0.467 e. The fraction of sp³-hybridized carbons (Fsp3) is 0.265. The Morgan fingerprint density at radius 2 is 1.62 bits per heavy atom. The number of halogens is 4. The summed E-state index contributed by atoms with van der Waals surface area (Å²) >= 11 is 6.08. The number of methoxy groups -OCH3 is 1. The first-order valence-corrected chi connectivity index (χ1v) is 15.0. The third-order valence-corrected chi connectivity index (χ3v) is 7.60. The van der Waals surface area contributed by atoms with E-state index >= 15 is 0 Å². The van der Waals surface area contributed by atoms with Crippen LogP contribution in [-0.2, 0) is 22.3 Å². The lowest BCUT2D eigenvalue weighted by molar-refractivity contribution is -0.144. The molecule has 47 heavy (non-hydrogen) atoms. The van der Waals surface area contributed by atoms with E-state index in [9.17, 15) is 22.8 Å². The zero-order chi connectivity index (χ0) is 34.1. The molecule has 0 spiro atoms. The summed E-state index contributed by atoms with van der Waals surface area (Å²) in [5.74, 6) is -1.79. The Morgan fingerprint density at radius 1 is 0.957 bits per heavy atom. The number of hydrogen-bond acceptors (Lipinski definition) is 8. The van der Waals surface area contributed by atoms with E-state index in [-0.39, 0.29) is 36.3 Å². The predicted molar refractivity (Wildman–Crippen MR) is 175 cm³/mol. The number of hydrogen-bond donors (Lipinski definition) is 4. The topological polar surface area (TPSA) is 129 Å². The van der Waals surface area contributed by atoms with Crippen LogP contribution in [0.3, 0.4) is 0 Å². The van der Waals surface area contributed by atoms with Gasteiger partial charge in [-0.1, -0.05) is 80.0 Å². The fourth-order valence-electron chi connectivity index (χ4n) is 4.71. The standard InChI is InChI=1S/C34H34ClF3N6O3/c1-20(2)29(32(46)47-3)43-31(45)27-19-42-33(41-17-21-9-13-24(14-10-21)34(36,37)38)44-30(27)40-18-26(22-7-5-4-6-8-22)28(39)23-11-15-25(35)16-12-23/h4-16,19-20,26,29,39H,17-18H2,1-3H3,(H,43,45)(H2,40,41,42,44). The van der Waals surface area contributed by atoms with Crippen molar-refractivity contribution < 1.29 is 27.5 Å². The molecule has 1 amide bonds. The SMILES string of the molecule is COC(=O)C(NC(=O)c1cnc(NCc2ccc(C(F)(F)F)cc2)nc1NCC(C(=N)c1ccc(Cl)cc1)c1ccccc1)C(C)C. The molecule has 0 saturated heterocycles. The van der Waals surface area contributed by atoms with Crippen LogP contribution in [0.2, 0.25) is 5.02 Å². The van der Waals surface area contributed by atoms with Crippen LogP contribution < -0.4 is 16.0 Å². The number of carbonyl (C=O) groups is 2. The summed E-state index contributed by atoms with van der Waals surface area (Å²) in [6, 6.07) is 20.0. The highest BCUT2D eigenvalue weighted by molar-refractivity contribution is 6.30. The van der Waals surface area contributed by atoms with E-state index in [2.05, 4.69) is 25.9 Å². The van der Waals surface area contributed by atoms with Gasteiger partial charge < -0.3 is 26.1 Å². The molecule has 0 aliphatic heterocycles.